The molecule has 0 saturated carbocycles. The summed E-state index contributed by atoms with van der Waals surface area (Å²) in [7, 11) is 3.17. The molecule has 0 aliphatic heterocycles. The van der Waals surface area contributed by atoms with Crippen LogP contribution in [0.15, 0.2) is 58.5 Å². The molecule has 30 heavy (non-hydrogen) atoms. The number of aliphatic imine (C=N–C) groups is 2. The first-order valence-corrected chi connectivity index (χ1v) is 8.75. The van der Waals surface area contributed by atoms with Gasteiger partial charge in [0.2, 0.25) is 0 Å². The topological polar surface area (TPSA) is 117 Å². The van der Waals surface area contributed by atoms with Gasteiger partial charge in [0.1, 0.15) is 23.6 Å². The largest absolute Gasteiger partial charge is 0.497 e. The maximum Gasteiger partial charge on any atom is 0.190 e. The highest BCUT2D eigenvalue weighted by Crippen LogP contribution is 2.22. The lowest BCUT2D eigenvalue weighted by molar-refractivity contribution is 0.414. The molecule has 0 bridgehead atoms. The van der Waals surface area contributed by atoms with Gasteiger partial charge >= 0.3 is 0 Å². The molecule has 146 valence electrons. The van der Waals surface area contributed by atoms with Crippen LogP contribution in [-0.4, -0.2) is 36.6 Å². The molecule has 1 aromatic heterocycles. The lowest BCUT2D eigenvalue weighted by Gasteiger charge is -2.02. The van der Waals surface area contributed by atoms with Gasteiger partial charge in [-0.05, 0) is 59.7 Å². The van der Waals surface area contributed by atoms with Crippen molar-refractivity contribution in [1.29, 1.82) is 10.5 Å². The molecule has 0 radical (unpaired) electrons. The smallest absolute Gasteiger partial charge is 0.190 e. The minimum Gasteiger partial charge on any atom is -0.497 e. The number of nitrogens with zero attached hydrogens (tertiary/aromatic N) is 6. The van der Waals surface area contributed by atoms with Gasteiger partial charge in [-0.15, -0.1) is 0 Å². The SMILES string of the molecule is COc1ccc(C=Nc2nc(C#N)c(/N=C/c3ccc(OC)cc3)nc2C#N)cc1. The van der Waals surface area contributed by atoms with Crippen molar-refractivity contribution >= 4 is 24.1 Å². The Morgan fingerprint density at radius 1 is 0.700 bits per heavy atom. The molecule has 0 fully saturated rings. The number of benzene rings is 2. The first kappa shape index (κ1) is 20.2. The maximum absolute atomic E-state index is 9.42. The summed E-state index contributed by atoms with van der Waals surface area (Å²) in [5, 5.41) is 18.8. The number of hydrogen-bond acceptors (Lipinski definition) is 8. The van der Waals surface area contributed by atoms with Crippen molar-refractivity contribution in [2.75, 3.05) is 14.2 Å². The fourth-order valence-corrected chi connectivity index (χ4v) is 2.40. The highest BCUT2D eigenvalue weighted by molar-refractivity contribution is 5.83. The molecule has 0 unspecified atom stereocenters. The molecule has 2 aromatic carbocycles. The minimum absolute atomic E-state index is 0.0272. The second kappa shape index (κ2) is 9.58. The van der Waals surface area contributed by atoms with Gasteiger partial charge in [-0.2, -0.15) is 10.5 Å². The number of nitriles is 2. The molecule has 0 atom stereocenters. The van der Waals surface area contributed by atoms with Gasteiger partial charge in [-0.25, -0.2) is 20.0 Å². The van der Waals surface area contributed by atoms with E-state index in [1.807, 2.05) is 12.1 Å². The van der Waals surface area contributed by atoms with Crippen LogP contribution in [0.5, 0.6) is 11.5 Å². The summed E-state index contributed by atoms with van der Waals surface area (Å²) in [5.41, 5.74) is 1.50. The predicted octanol–water partition coefficient (Wildman–Crippen LogP) is 3.74. The van der Waals surface area contributed by atoms with Crippen molar-refractivity contribution in [1.82, 2.24) is 9.97 Å². The Labute approximate surface area is 173 Å². The van der Waals surface area contributed by atoms with E-state index in [1.54, 1.807) is 62.8 Å². The zero-order valence-corrected chi connectivity index (χ0v) is 16.3. The predicted molar refractivity (Wildman–Crippen MR) is 112 cm³/mol. The van der Waals surface area contributed by atoms with Crippen LogP contribution in [0.3, 0.4) is 0 Å². The van der Waals surface area contributed by atoms with Gasteiger partial charge in [0.05, 0.1) is 14.2 Å². The Bertz CT molecular complexity index is 1080. The van der Waals surface area contributed by atoms with E-state index < -0.39 is 0 Å². The van der Waals surface area contributed by atoms with Crippen LogP contribution in [0.2, 0.25) is 0 Å². The maximum atomic E-state index is 9.42. The summed E-state index contributed by atoms with van der Waals surface area (Å²) in [4.78, 5) is 16.7. The molecule has 1 heterocycles. The molecule has 0 saturated heterocycles. The quantitative estimate of drug-likeness (QED) is 0.586. The second-order valence-electron chi connectivity index (χ2n) is 5.85. The molecular weight excluding hydrogens is 380 g/mol. The second-order valence-corrected chi connectivity index (χ2v) is 5.85. The Balaban J connectivity index is 1.89. The number of hydrogen-bond donors (Lipinski definition) is 0. The molecular formula is C22H16N6O2. The third kappa shape index (κ3) is 4.83. The molecule has 3 rings (SSSR count). The van der Waals surface area contributed by atoms with Crippen molar-refractivity contribution in [2.45, 2.75) is 0 Å². The van der Waals surface area contributed by atoms with Crippen molar-refractivity contribution in [2.24, 2.45) is 9.98 Å². The standard InChI is InChI=1S/C22H16N6O2/c1-29-17-7-3-15(4-8-17)13-25-21-19(11-23)28-22(20(12-24)27-21)26-14-16-5-9-18(30-2)10-6-16/h3-10,13-14H,1-2H3/b25-13+,26-14?. The van der Waals surface area contributed by atoms with Gasteiger partial charge in [0.15, 0.2) is 23.0 Å². The lowest BCUT2D eigenvalue weighted by atomic mass is 10.2. The Morgan fingerprint density at radius 2 is 1.07 bits per heavy atom. The highest BCUT2D eigenvalue weighted by atomic mass is 16.5. The van der Waals surface area contributed by atoms with Gasteiger partial charge in [-0.3, -0.25) is 0 Å². The van der Waals surface area contributed by atoms with Crippen molar-refractivity contribution in [3.8, 4) is 23.6 Å². The number of ether oxygens (including phenoxy) is 2. The fourth-order valence-electron chi connectivity index (χ4n) is 2.40. The third-order valence-electron chi connectivity index (χ3n) is 3.97. The summed E-state index contributed by atoms with van der Waals surface area (Å²) in [6.07, 6.45) is 3.07. The summed E-state index contributed by atoms with van der Waals surface area (Å²) in [5.74, 6) is 1.53. The van der Waals surface area contributed by atoms with Crippen LogP contribution in [0.1, 0.15) is 22.5 Å². The molecule has 0 aliphatic rings. The number of rotatable bonds is 6. The molecule has 8 heteroatoms. The van der Waals surface area contributed by atoms with Gasteiger partial charge in [-0.1, -0.05) is 0 Å². The van der Waals surface area contributed by atoms with E-state index in [2.05, 4.69) is 20.0 Å². The molecule has 0 aliphatic carbocycles. The Kier molecular flexibility index (Phi) is 6.44. The number of methoxy groups -OCH3 is 2. The zero-order valence-electron chi connectivity index (χ0n) is 16.3. The Hall–Kier alpha value is -4.56. The van der Waals surface area contributed by atoms with E-state index in [1.165, 1.54) is 12.4 Å². The third-order valence-corrected chi connectivity index (χ3v) is 3.97. The van der Waals surface area contributed by atoms with Crippen LogP contribution < -0.4 is 9.47 Å². The molecule has 8 nitrogen and oxygen atoms in total. The summed E-state index contributed by atoms with van der Waals surface area (Å²) in [6.45, 7) is 0. The van der Waals surface area contributed by atoms with Crippen LogP contribution in [0.4, 0.5) is 11.6 Å². The average Bonchev–Trinajstić information content (AvgIpc) is 2.81. The number of aromatic nitrogens is 2. The summed E-state index contributed by atoms with van der Waals surface area (Å²) < 4.78 is 10.2. The molecule has 0 spiro atoms. The van der Waals surface area contributed by atoms with E-state index in [-0.39, 0.29) is 23.0 Å². The monoisotopic (exact) mass is 396 g/mol. The van der Waals surface area contributed by atoms with Crippen LogP contribution >= 0.6 is 0 Å². The zero-order chi connectivity index (χ0) is 21.3. The van der Waals surface area contributed by atoms with Crippen LogP contribution in [-0.2, 0) is 0 Å². The van der Waals surface area contributed by atoms with Crippen molar-refractivity contribution in [3.63, 3.8) is 0 Å². The van der Waals surface area contributed by atoms with E-state index >= 15 is 0 Å². The van der Waals surface area contributed by atoms with E-state index in [9.17, 15) is 10.5 Å². The highest BCUT2D eigenvalue weighted by Gasteiger charge is 2.12. The van der Waals surface area contributed by atoms with Gasteiger partial charge < -0.3 is 9.47 Å². The first-order chi connectivity index (χ1) is 14.7. The Morgan fingerprint density at radius 3 is 1.37 bits per heavy atom. The average molecular weight is 396 g/mol. The first-order valence-electron chi connectivity index (χ1n) is 8.75. The van der Waals surface area contributed by atoms with Crippen molar-refractivity contribution in [3.05, 3.63) is 71.0 Å². The molecule has 3 aromatic rings. The van der Waals surface area contributed by atoms with Crippen LogP contribution in [0.25, 0.3) is 0 Å². The lowest BCUT2D eigenvalue weighted by Crippen LogP contribution is -1.95. The van der Waals surface area contributed by atoms with Gasteiger partial charge in [0, 0.05) is 12.4 Å². The molecule has 0 N–H and O–H groups in total. The van der Waals surface area contributed by atoms with Crippen molar-refractivity contribution < 1.29 is 9.47 Å². The van der Waals surface area contributed by atoms with Gasteiger partial charge in [0.25, 0.3) is 0 Å². The van der Waals surface area contributed by atoms with E-state index in [0.29, 0.717) is 0 Å². The molecule has 0 amide bonds. The van der Waals surface area contributed by atoms with E-state index in [4.69, 9.17) is 9.47 Å². The summed E-state index contributed by atoms with van der Waals surface area (Å²) in [6, 6.07) is 18.3. The summed E-state index contributed by atoms with van der Waals surface area (Å²) >= 11 is 0. The van der Waals surface area contributed by atoms with Crippen LogP contribution in [0, 0.1) is 22.7 Å². The van der Waals surface area contributed by atoms with E-state index in [0.717, 1.165) is 22.6 Å². The minimum atomic E-state index is -0.0272. The fraction of sp³-hybridized carbons (Fsp3) is 0.0909. The normalized spacial score (nSPS) is 10.7.